The van der Waals surface area contributed by atoms with Gasteiger partial charge in [-0.15, -0.1) is 0 Å². The van der Waals surface area contributed by atoms with Crippen LogP contribution in [-0.4, -0.2) is 7.11 Å². The third-order valence-electron chi connectivity index (χ3n) is 2.78. The van der Waals surface area contributed by atoms with Crippen LogP contribution in [0.1, 0.15) is 11.1 Å². The molecule has 19 heavy (non-hydrogen) atoms. The zero-order valence-corrected chi connectivity index (χ0v) is 12.3. The molecule has 2 aromatic carbocycles. The van der Waals surface area contributed by atoms with Crippen LogP contribution >= 0.6 is 23.2 Å². The van der Waals surface area contributed by atoms with Crippen LogP contribution in [0.2, 0.25) is 10.0 Å². The fourth-order valence-corrected chi connectivity index (χ4v) is 2.10. The van der Waals surface area contributed by atoms with Crippen molar-refractivity contribution in [2.75, 3.05) is 7.11 Å². The van der Waals surface area contributed by atoms with Crippen LogP contribution in [0, 0.1) is 6.92 Å². The summed E-state index contributed by atoms with van der Waals surface area (Å²) in [6.07, 6.45) is 0. The second-order valence-electron chi connectivity index (χ2n) is 4.15. The molecule has 4 heteroatoms. The van der Waals surface area contributed by atoms with Gasteiger partial charge >= 0.3 is 0 Å². The number of hydrogen-bond acceptors (Lipinski definition) is 2. The summed E-state index contributed by atoms with van der Waals surface area (Å²) in [5, 5.41) is 1.31. The first-order valence-electron chi connectivity index (χ1n) is 5.81. The minimum absolute atomic E-state index is 0.380. The average molecular weight is 297 g/mol. The van der Waals surface area contributed by atoms with E-state index in [4.69, 9.17) is 32.7 Å². The molecular weight excluding hydrogens is 283 g/mol. The second-order valence-corrected chi connectivity index (χ2v) is 5.03. The lowest BCUT2D eigenvalue weighted by atomic mass is 10.2. The van der Waals surface area contributed by atoms with Gasteiger partial charge in [0.2, 0.25) is 0 Å². The van der Waals surface area contributed by atoms with E-state index in [9.17, 15) is 0 Å². The van der Waals surface area contributed by atoms with Crippen LogP contribution in [0.25, 0.3) is 0 Å². The molecule has 2 aromatic rings. The van der Waals surface area contributed by atoms with Crippen molar-refractivity contribution in [3.05, 3.63) is 57.6 Å². The molecule has 0 saturated heterocycles. The van der Waals surface area contributed by atoms with Gasteiger partial charge in [0.15, 0.2) is 0 Å². The van der Waals surface area contributed by atoms with Crippen molar-refractivity contribution in [2.24, 2.45) is 0 Å². The highest BCUT2D eigenvalue weighted by molar-refractivity contribution is 6.31. The van der Waals surface area contributed by atoms with Crippen LogP contribution < -0.4 is 9.47 Å². The Bertz CT molecular complexity index is 582. The summed E-state index contributed by atoms with van der Waals surface area (Å²) in [5.74, 6) is 1.51. The molecule has 0 aliphatic rings. The maximum Gasteiger partial charge on any atom is 0.125 e. The summed E-state index contributed by atoms with van der Waals surface area (Å²) in [7, 11) is 1.62. The number of ether oxygens (including phenoxy) is 2. The molecule has 0 amide bonds. The Labute approximate surface area is 122 Å². The van der Waals surface area contributed by atoms with Gasteiger partial charge in [0.1, 0.15) is 18.1 Å². The van der Waals surface area contributed by atoms with Gasteiger partial charge in [0.05, 0.1) is 7.11 Å². The number of methoxy groups -OCH3 is 1. The van der Waals surface area contributed by atoms with Gasteiger partial charge in [0, 0.05) is 15.6 Å². The first-order chi connectivity index (χ1) is 9.10. The van der Waals surface area contributed by atoms with Crippen molar-refractivity contribution in [1.82, 2.24) is 0 Å². The molecule has 0 fully saturated rings. The topological polar surface area (TPSA) is 18.5 Å². The van der Waals surface area contributed by atoms with E-state index < -0.39 is 0 Å². The van der Waals surface area contributed by atoms with E-state index in [1.54, 1.807) is 19.2 Å². The molecule has 0 saturated carbocycles. The third kappa shape index (κ3) is 3.55. The zero-order valence-electron chi connectivity index (χ0n) is 10.7. The van der Waals surface area contributed by atoms with Crippen molar-refractivity contribution in [3.8, 4) is 11.5 Å². The molecule has 100 valence electrons. The normalized spacial score (nSPS) is 10.3. The van der Waals surface area contributed by atoms with Crippen molar-refractivity contribution < 1.29 is 9.47 Å². The molecular formula is C15H14Cl2O2. The molecule has 0 unspecified atom stereocenters. The third-order valence-corrected chi connectivity index (χ3v) is 3.25. The second kappa shape index (κ2) is 6.18. The molecule has 0 atom stereocenters. The van der Waals surface area contributed by atoms with E-state index >= 15 is 0 Å². The minimum atomic E-state index is 0.380. The Morgan fingerprint density at radius 3 is 2.37 bits per heavy atom. The van der Waals surface area contributed by atoms with Crippen LogP contribution in [0.5, 0.6) is 11.5 Å². The summed E-state index contributed by atoms with van der Waals surface area (Å²) in [6.45, 7) is 2.35. The Morgan fingerprint density at radius 2 is 1.63 bits per heavy atom. The molecule has 0 radical (unpaired) electrons. The maximum atomic E-state index is 5.98. The van der Waals surface area contributed by atoms with E-state index in [1.807, 2.05) is 31.2 Å². The molecule has 0 aliphatic carbocycles. The van der Waals surface area contributed by atoms with Crippen molar-refractivity contribution in [3.63, 3.8) is 0 Å². The molecule has 0 bridgehead atoms. The molecule has 0 spiro atoms. The Kier molecular flexibility index (Phi) is 4.56. The first-order valence-corrected chi connectivity index (χ1v) is 6.57. The predicted octanol–water partition coefficient (Wildman–Crippen LogP) is 4.89. The number of hydrogen-bond donors (Lipinski definition) is 0. The van der Waals surface area contributed by atoms with Crippen molar-refractivity contribution in [2.45, 2.75) is 13.5 Å². The van der Waals surface area contributed by atoms with E-state index in [2.05, 4.69) is 0 Å². The summed E-state index contributed by atoms with van der Waals surface area (Å²) in [5.41, 5.74) is 1.93. The summed E-state index contributed by atoms with van der Waals surface area (Å²) in [4.78, 5) is 0. The summed E-state index contributed by atoms with van der Waals surface area (Å²) < 4.78 is 11.1. The van der Waals surface area contributed by atoms with Crippen molar-refractivity contribution >= 4 is 23.2 Å². The standard InChI is InChI=1S/C15H14Cl2O2/c1-10-3-4-13(17)8-15(10)19-9-11-7-12(16)5-6-14(11)18-2/h3-8H,9H2,1-2H3. The van der Waals surface area contributed by atoms with Gasteiger partial charge in [-0.3, -0.25) is 0 Å². The number of aryl methyl sites for hydroxylation is 1. The molecule has 0 aliphatic heterocycles. The van der Waals surface area contributed by atoms with Crippen LogP contribution in [0.15, 0.2) is 36.4 Å². The molecule has 2 nitrogen and oxygen atoms in total. The van der Waals surface area contributed by atoms with Crippen molar-refractivity contribution in [1.29, 1.82) is 0 Å². The van der Waals surface area contributed by atoms with Gasteiger partial charge in [-0.2, -0.15) is 0 Å². The SMILES string of the molecule is COc1ccc(Cl)cc1COc1cc(Cl)ccc1C. The molecule has 0 N–H and O–H groups in total. The smallest absolute Gasteiger partial charge is 0.125 e. The fraction of sp³-hybridized carbons (Fsp3) is 0.200. The Hall–Kier alpha value is -1.38. The highest BCUT2D eigenvalue weighted by Gasteiger charge is 2.06. The van der Waals surface area contributed by atoms with Gasteiger partial charge in [0.25, 0.3) is 0 Å². The van der Waals surface area contributed by atoms with Gasteiger partial charge in [-0.1, -0.05) is 29.3 Å². The molecule has 2 rings (SSSR count). The number of halogens is 2. The average Bonchev–Trinajstić information content (AvgIpc) is 2.40. The lowest BCUT2D eigenvalue weighted by Gasteiger charge is -2.12. The van der Waals surface area contributed by atoms with E-state index in [0.29, 0.717) is 16.7 Å². The number of benzene rings is 2. The molecule has 0 heterocycles. The highest BCUT2D eigenvalue weighted by Crippen LogP contribution is 2.27. The summed E-state index contributed by atoms with van der Waals surface area (Å²) >= 11 is 11.9. The lowest BCUT2D eigenvalue weighted by molar-refractivity contribution is 0.295. The molecule has 0 aromatic heterocycles. The first kappa shape index (κ1) is 14.0. The monoisotopic (exact) mass is 296 g/mol. The summed E-state index contributed by atoms with van der Waals surface area (Å²) in [6, 6.07) is 11.0. The number of rotatable bonds is 4. The largest absolute Gasteiger partial charge is 0.496 e. The maximum absolute atomic E-state index is 5.98. The van der Waals surface area contributed by atoms with E-state index in [1.165, 1.54) is 0 Å². The highest BCUT2D eigenvalue weighted by atomic mass is 35.5. The van der Waals surface area contributed by atoms with Gasteiger partial charge in [-0.25, -0.2) is 0 Å². The van der Waals surface area contributed by atoms with E-state index in [-0.39, 0.29) is 0 Å². The van der Waals surface area contributed by atoms with Gasteiger partial charge < -0.3 is 9.47 Å². The van der Waals surface area contributed by atoms with Crippen LogP contribution in [0.4, 0.5) is 0 Å². The Balaban J connectivity index is 2.18. The van der Waals surface area contributed by atoms with Crippen LogP contribution in [-0.2, 0) is 6.61 Å². The van der Waals surface area contributed by atoms with Crippen LogP contribution in [0.3, 0.4) is 0 Å². The lowest BCUT2D eigenvalue weighted by Crippen LogP contribution is -2.00. The Morgan fingerprint density at radius 1 is 0.947 bits per heavy atom. The van der Waals surface area contributed by atoms with Gasteiger partial charge in [-0.05, 0) is 42.8 Å². The quantitative estimate of drug-likeness (QED) is 0.800. The van der Waals surface area contributed by atoms with E-state index in [0.717, 1.165) is 22.6 Å². The predicted molar refractivity (Wildman–Crippen MR) is 78.5 cm³/mol. The fourth-order valence-electron chi connectivity index (χ4n) is 1.74. The zero-order chi connectivity index (χ0) is 13.8. The minimum Gasteiger partial charge on any atom is -0.496 e.